The molecule has 2 aromatic rings. The van der Waals surface area contributed by atoms with Crippen molar-refractivity contribution in [3.8, 4) is 5.75 Å². The summed E-state index contributed by atoms with van der Waals surface area (Å²) in [6.45, 7) is 6.87. The van der Waals surface area contributed by atoms with Crippen LogP contribution in [0.2, 0.25) is 10.0 Å². The summed E-state index contributed by atoms with van der Waals surface area (Å²) >= 11 is 12.2. The zero-order valence-electron chi connectivity index (χ0n) is 14.3. The number of carbonyl (C=O) groups is 1. The van der Waals surface area contributed by atoms with Crippen LogP contribution in [0, 0.1) is 12.8 Å². The van der Waals surface area contributed by atoms with Gasteiger partial charge in [0.05, 0.1) is 22.2 Å². The standard InChI is InChI=1S/C18H19Cl2O2P.Li/c1-11(2)10-22-13-7-8-16(12(3)9-13)23-18(21)17-14(19)5-4-6-15(17)20;/h4-9,11,23H,10H2,1-3H3;. The molecule has 0 heterocycles. The van der Waals surface area contributed by atoms with E-state index < -0.39 is 0 Å². The maximum Gasteiger partial charge on any atom is 0.188 e. The first-order valence-corrected chi connectivity index (χ1v) is 9.13. The molecule has 0 spiro atoms. The Balaban J connectivity index is 0.00000288. The monoisotopic (exact) mass is 375 g/mol. The Bertz CT molecular complexity index is 700. The topological polar surface area (TPSA) is 26.3 Å². The number of hydrogen-bond acceptors (Lipinski definition) is 2. The van der Waals surface area contributed by atoms with Crippen LogP contribution >= 0.6 is 31.8 Å². The van der Waals surface area contributed by atoms with Gasteiger partial charge in [-0.1, -0.05) is 49.2 Å². The molecule has 0 saturated carbocycles. The molecule has 0 aliphatic rings. The number of rotatable bonds is 6. The minimum Gasteiger partial charge on any atom is -0.493 e. The van der Waals surface area contributed by atoms with Crippen LogP contribution in [0.1, 0.15) is 29.8 Å². The van der Waals surface area contributed by atoms with E-state index in [2.05, 4.69) is 13.8 Å². The third-order valence-corrected chi connectivity index (χ3v) is 5.16. The van der Waals surface area contributed by atoms with Gasteiger partial charge in [0.2, 0.25) is 0 Å². The zero-order chi connectivity index (χ0) is 17.0. The normalized spacial score (nSPS) is 10.9. The Labute approximate surface area is 167 Å². The first kappa shape index (κ1) is 21.6. The molecule has 0 aliphatic heterocycles. The first-order chi connectivity index (χ1) is 10.9. The summed E-state index contributed by atoms with van der Waals surface area (Å²) in [7, 11) is -0.0223. The molecule has 123 valence electrons. The average Bonchev–Trinajstić information content (AvgIpc) is 2.47. The summed E-state index contributed by atoms with van der Waals surface area (Å²) < 4.78 is 5.71. The molecule has 2 rings (SSSR count). The maximum atomic E-state index is 12.5. The number of benzene rings is 2. The second-order valence-electron chi connectivity index (χ2n) is 5.73. The van der Waals surface area contributed by atoms with Gasteiger partial charge in [-0.3, -0.25) is 4.79 Å². The smallest absolute Gasteiger partial charge is 0.188 e. The van der Waals surface area contributed by atoms with Crippen LogP contribution in [-0.4, -0.2) is 31.0 Å². The molecule has 6 heteroatoms. The maximum absolute atomic E-state index is 12.5. The number of hydrogen-bond donors (Lipinski definition) is 0. The van der Waals surface area contributed by atoms with Crippen molar-refractivity contribution in [2.75, 3.05) is 6.61 Å². The molecule has 1 unspecified atom stereocenters. The minimum absolute atomic E-state index is 0. The van der Waals surface area contributed by atoms with Crippen LogP contribution in [0.25, 0.3) is 0 Å². The Morgan fingerprint density at radius 2 is 1.79 bits per heavy atom. The van der Waals surface area contributed by atoms with E-state index in [1.807, 2.05) is 25.1 Å². The van der Waals surface area contributed by atoms with E-state index in [9.17, 15) is 4.79 Å². The van der Waals surface area contributed by atoms with Crippen molar-refractivity contribution in [3.63, 3.8) is 0 Å². The van der Waals surface area contributed by atoms with Crippen LogP contribution in [-0.2, 0) is 0 Å². The molecule has 0 aromatic heterocycles. The van der Waals surface area contributed by atoms with Gasteiger partial charge in [0.15, 0.2) is 5.52 Å². The van der Waals surface area contributed by atoms with Crippen molar-refractivity contribution in [1.82, 2.24) is 0 Å². The number of ether oxygens (including phenoxy) is 1. The second-order valence-corrected chi connectivity index (χ2v) is 7.79. The summed E-state index contributed by atoms with van der Waals surface area (Å²) in [5.41, 5.74) is 1.37. The van der Waals surface area contributed by atoms with Crippen molar-refractivity contribution in [2.45, 2.75) is 20.8 Å². The SMILES string of the molecule is Cc1cc(OCC(C)C)ccc1PC(=O)c1c(Cl)cccc1Cl.[Li]. The summed E-state index contributed by atoms with van der Waals surface area (Å²) in [6.07, 6.45) is 0. The summed E-state index contributed by atoms with van der Waals surface area (Å²) in [5, 5.41) is 1.76. The quantitative estimate of drug-likeness (QED) is 0.518. The third-order valence-electron chi connectivity index (χ3n) is 3.22. The molecular formula is C18H19Cl2LiO2P. The molecule has 0 aliphatic carbocycles. The van der Waals surface area contributed by atoms with Crippen molar-refractivity contribution in [3.05, 3.63) is 57.6 Å². The van der Waals surface area contributed by atoms with Gasteiger partial charge in [0.1, 0.15) is 5.75 Å². The van der Waals surface area contributed by atoms with Crippen LogP contribution in [0.4, 0.5) is 0 Å². The van der Waals surface area contributed by atoms with Crippen LogP contribution in [0.15, 0.2) is 36.4 Å². The summed E-state index contributed by atoms with van der Waals surface area (Å²) in [6, 6.07) is 10.9. The molecule has 0 N–H and O–H groups in total. The summed E-state index contributed by atoms with van der Waals surface area (Å²) in [4.78, 5) is 12.5. The number of aryl methyl sites for hydroxylation is 1. The van der Waals surface area contributed by atoms with Crippen molar-refractivity contribution in [1.29, 1.82) is 0 Å². The van der Waals surface area contributed by atoms with Crippen molar-refractivity contribution < 1.29 is 9.53 Å². The minimum atomic E-state index is -0.0560. The van der Waals surface area contributed by atoms with Crippen LogP contribution in [0.3, 0.4) is 0 Å². The zero-order valence-corrected chi connectivity index (χ0v) is 16.8. The Morgan fingerprint density at radius 3 is 2.33 bits per heavy atom. The summed E-state index contributed by atoms with van der Waals surface area (Å²) in [5.74, 6) is 1.30. The van der Waals surface area contributed by atoms with Crippen molar-refractivity contribution in [2.24, 2.45) is 5.92 Å². The van der Waals surface area contributed by atoms with E-state index in [1.54, 1.807) is 18.2 Å². The number of carbonyl (C=O) groups excluding carboxylic acids is 1. The molecule has 24 heavy (non-hydrogen) atoms. The van der Waals surface area contributed by atoms with E-state index in [-0.39, 0.29) is 33.0 Å². The Kier molecular flexibility index (Phi) is 8.86. The van der Waals surface area contributed by atoms with Gasteiger partial charge in [-0.2, -0.15) is 0 Å². The number of halogens is 2. The molecule has 0 saturated heterocycles. The molecular weight excluding hydrogens is 357 g/mol. The van der Waals surface area contributed by atoms with Gasteiger partial charge < -0.3 is 4.74 Å². The molecule has 1 atom stereocenters. The third kappa shape index (κ3) is 5.80. The van der Waals surface area contributed by atoms with Crippen LogP contribution in [0.5, 0.6) is 5.75 Å². The van der Waals surface area contributed by atoms with Gasteiger partial charge in [-0.25, -0.2) is 0 Å². The molecule has 0 amide bonds. The van der Waals surface area contributed by atoms with E-state index in [0.717, 1.165) is 16.6 Å². The predicted octanol–water partition coefficient (Wildman–Crippen LogP) is 5.10. The van der Waals surface area contributed by atoms with Gasteiger partial charge in [0, 0.05) is 18.9 Å². The van der Waals surface area contributed by atoms with Gasteiger partial charge in [-0.05, 0) is 56.6 Å². The van der Waals surface area contributed by atoms with E-state index in [1.165, 1.54) is 0 Å². The molecule has 0 fully saturated rings. The fourth-order valence-corrected chi connectivity index (χ4v) is 3.83. The second kappa shape index (κ2) is 9.86. The van der Waals surface area contributed by atoms with Crippen LogP contribution < -0.4 is 10.0 Å². The Morgan fingerprint density at radius 1 is 1.17 bits per heavy atom. The fraction of sp³-hybridized carbons (Fsp3) is 0.278. The molecule has 1 radical (unpaired) electrons. The fourth-order valence-electron chi connectivity index (χ4n) is 2.03. The van der Waals surface area contributed by atoms with Gasteiger partial charge in [-0.15, -0.1) is 0 Å². The average molecular weight is 376 g/mol. The van der Waals surface area contributed by atoms with E-state index in [4.69, 9.17) is 27.9 Å². The molecule has 0 bridgehead atoms. The van der Waals surface area contributed by atoms with E-state index in [0.29, 0.717) is 28.1 Å². The van der Waals surface area contributed by atoms with Crippen molar-refractivity contribution >= 4 is 61.5 Å². The van der Waals surface area contributed by atoms with E-state index >= 15 is 0 Å². The molecule has 2 nitrogen and oxygen atoms in total. The predicted molar refractivity (Wildman–Crippen MR) is 106 cm³/mol. The van der Waals surface area contributed by atoms with Gasteiger partial charge >= 0.3 is 0 Å². The molecule has 2 aromatic carbocycles. The Hall–Kier alpha value is -0.483. The first-order valence-electron chi connectivity index (χ1n) is 7.37. The largest absolute Gasteiger partial charge is 0.493 e. The van der Waals surface area contributed by atoms with Gasteiger partial charge in [0.25, 0.3) is 0 Å².